The number of hydrogen-bond acceptors (Lipinski definition) is 2. The molecule has 0 saturated heterocycles. The highest BCUT2D eigenvalue weighted by atomic mass is 35.5. The van der Waals surface area contributed by atoms with Crippen LogP contribution in [0.15, 0.2) is 48.7 Å². The van der Waals surface area contributed by atoms with E-state index >= 15 is 0 Å². The number of ether oxygens (including phenoxy) is 1. The molecule has 100 valence electrons. The van der Waals surface area contributed by atoms with Gasteiger partial charge in [-0.2, -0.15) is 0 Å². The average molecular weight is 304 g/mol. The highest BCUT2D eigenvalue weighted by Crippen LogP contribution is 2.36. The van der Waals surface area contributed by atoms with E-state index in [2.05, 4.69) is 4.98 Å². The van der Waals surface area contributed by atoms with Crippen LogP contribution in [-0.4, -0.2) is 12.1 Å². The number of halogens is 2. The van der Waals surface area contributed by atoms with Gasteiger partial charge in [0.05, 0.1) is 17.6 Å². The van der Waals surface area contributed by atoms with Crippen molar-refractivity contribution in [1.82, 2.24) is 4.98 Å². The number of aromatic nitrogens is 1. The summed E-state index contributed by atoms with van der Waals surface area (Å²) in [4.78, 5) is 4.33. The van der Waals surface area contributed by atoms with Gasteiger partial charge in [-0.1, -0.05) is 35.3 Å². The Morgan fingerprint density at radius 3 is 2.60 bits per heavy atom. The van der Waals surface area contributed by atoms with Crippen molar-refractivity contribution in [3.63, 3.8) is 0 Å². The predicted octanol–water partition coefficient (Wildman–Crippen LogP) is 5.22. The first-order valence-corrected chi connectivity index (χ1v) is 6.83. The molecule has 0 radical (unpaired) electrons. The minimum atomic E-state index is 0.628. The van der Waals surface area contributed by atoms with Crippen molar-refractivity contribution in [3.05, 3.63) is 58.7 Å². The van der Waals surface area contributed by atoms with Crippen molar-refractivity contribution in [3.8, 4) is 16.9 Å². The van der Waals surface area contributed by atoms with Gasteiger partial charge < -0.3 is 4.74 Å². The topological polar surface area (TPSA) is 22.1 Å². The molecule has 0 aliphatic rings. The number of para-hydroxylation sites is 1. The molecular formula is C16H11Cl2NO. The summed E-state index contributed by atoms with van der Waals surface area (Å²) >= 11 is 12.5. The summed E-state index contributed by atoms with van der Waals surface area (Å²) in [5.74, 6) is 0.761. The minimum Gasteiger partial charge on any atom is -0.497 e. The molecule has 0 spiro atoms. The zero-order chi connectivity index (χ0) is 14.1. The van der Waals surface area contributed by atoms with Crippen LogP contribution < -0.4 is 4.74 Å². The first kappa shape index (κ1) is 13.2. The lowest BCUT2D eigenvalue weighted by Gasteiger charge is -2.10. The van der Waals surface area contributed by atoms with Crippen LogP contribution in [0.2, 0.25) is 10.0 Å². The average Bonchev–Trinajstić information content (AvgIpc) is 2.48. The number of pyridine rings is 1. The van der Waals surface area contributed by atoms with Crippen LogP contribution >= 0.6 is 23.2 Å². The minimum absolute atomic E-state index is 0.628. The zero-order valence-corrected chi connectivity index (χ0v) is 12.2. The van der Waals surface area contributed by atoms with Gasteiger partial charge in [0.25, 0.3) is 0 Å². The van der Waals surface area contributed by atoms with Crippen molar-refractivity contribution < 1.29 is 4.74 Å². The number of hydrogen-bond donors (Lipinski definition) is 0. The Bertz CT molecular complexity index is 787. The van der Waals surface area contributed by atoms with Crippen LogP contribution in [-0.2, 0) is 0 Å². The third-order valence-corrected chi connectivity index (χ3v) is 3.82. The lowest BCUT2D eigenvalue weighted by molar-refractivity contribution is 0.415. The summed E-state index contributed by atoms with van der Waals surface area (Å²) in [7, 11) is 1.63. The molecule has 0 aliphatic heterocycles. The molecule has 20 heavy (non-hydrogen) atoms. The molecule has 2 nitrogen and oxygen atoms in total. The molecule has 0 aliphatic carbocycles. The largest absolute Gasteiger partial charge is 0.497 e. The third kappa shape index (κ3) is 2.21. The van der Waals surface area contributed by atoms with Gasteiger partial charge in [0.15, 0.2) is 0 Å². The van der Waals surface area contributed by atoms with E-state index < -0.39 is 0 Å². The van der Waals surface area contributed by atoms with Crippen LogP contribution in [0.4, 0.5) is 0 Å². The molecule has 0 atom stereocenters. The molecule has 3 aromatic rings. The fourth-order valence-corrected chi connectivity index (χ4v) is 2.66. The second-order valence-electron chi connectivity index (χ2n) is 4.34. The molecule has 4 heteroatoms. The molecule has 0 bridgehead atoms. The van der Waals surface area contributed by atoms with E-state index in [0.29, 0.717) is 10.0 Å². The summed E-state index contributed by atoms with van der Waals surface area (Å²) in [6.45, 7) is 0. The number of rotatable bonds is 2. The third-order valence-electron chi connectivity index (χ3n) is 3.19. The first-order chi connectivity index (χ1) is 9.70. The van der Waals surface area contributed by atoms with Crippen LogP contribution in [0.5, 0.6) is 5.75 Å². The van der Waals surface area contributed by atoms with E-state index in [-0.39, 0.29) is 0 Å². The van der Waals surface area contributed by atoms with Gasteiger partial charge in [-0.25, -0.2) is 0 Å². The van der Waals surface area contributed by atoms with E-state index in [9.17, 15) is 0 Å². The van der Waals surface area contributed by atoms with Gasteiger partial charge in [0, 0.05) is 22.2 Å². The highest BCUT2D eigenvalue weighted by Gasteiger charge is 2.10. The van der Waals surface area contributed by atoms with Crippen molar-refractivity contribution in [1.29, 1.82) is 0 Å². The molecule has 0 fully saturated rings. The van der Waals surface area contributed by atoms with Crippen molar-refractivity contribution in [2.75, 3.05) is 7.11 Å². The molecule has 1 heterocycles. The summed E-state index contributed by atoms with van der Waals surface area (Å²) in [5.41, 5.74) is 2.66. The molecule has 1 aromatic heterocycles. The Morgan fingerprint density at radius 1 is 0.950 bits per heavy atom. The van der Waals surface area contributed by atoms with Crippen LogP contribution in [0.3, 0.4) is 0 Å². The molecule has 0 unspecified atom stereocenters. The molecule has 2 aromatic carbocycles. The Balaban J connectivity index is 2.32. The smallest absolute Gasteiger partial charge is 0.119 e. The number of methoxy groups -OCH3 is 1. The first-order valence-electron chi connectivity index (χ1n) is 6.08. The molecule has 0 amide bonds. The van der Waals surface area contributed by atoms with Crippen molar-refractivity contribution >= 4 is 34.1 Å². The summed E-state index contributed by atoms with van der Waals surface area (Å²) < 4.78 is 5.27. The Morgan fingerprint density at radius 2 is 1.80 bits per heavy atom. The fraction of sp³-hybridized carbons (Fsp3) is 0.0625. The lowest BCUT2D eigenvalue weighted by Crippen LogP contribution is -1.88. The molecule has 3 rings (SSSR count). The molecule has 0 saturated carbocycles. The van der Waals surface area contributed by atoms with Gasteiger partial charge in [-0.05, 0) is 35.9 Å². The van der Waals surface area contributed by atoms with Gasteiger partial charge >= 0.3 is 0 Å². The van der Waals surface area contributed by atoms with Crippen LogP contribution in [0, 0.1) is 0 Å². The van der Waals surface area contributed by atoms with E-state index in [1.165, 1.54) is 0 Å². The normalized spacial score (nSPS) is 10.8. The van der Waals surface area contributed by atoms with Crippen molar-refractivity contribution in [2.24, 2.45) is 0 Å². The number of fused-ring (bicyclic) bond motifs is 1. The Hall–Kier alpha value is -1.77. The fourth-order valence-electron chi connectivity index (χ4n) is 2.21. The van der Waals surface area contributed by atoms with Crippen LogP contribution in [0.1, 0.15) is 0 Å². The van der Waals surface area contributed by atoms with Gasteiger partial charge in [-0.15, -0.1) is 0 Å². The lowest BCUT2D eigenvalue weighted by atomic mass is 10.0. The maximum absolute atomic E-state index is 6.32. The highest BCUT2D eigenvalue weighted by molar-refractivity contribution is 6.36. The quantitative estimate of drug-likeness (QED) is 0.648. The van der Waals surface area contributed by atoms with Crippen LogP contribution in [0.25, 0.3) is 22.0 Å². The van der Waals surface area contributed by atoms with E-state index in [1.807, 2.05) is 42.5 Å². The summed E-state index contributed by atoms with van der Waals surface area (Å²) in [6, 6.07) is 13.2. The Labute approximate surface area is 126 Å². The summed E-state index contributed by atoms with van der Waals surface area (Å²) in [6.07, 6.45) is 1.74. The van der Waals surface area contributed by atoms with Crippen molar-refractivity contribution in [2.45, 2.75) is 0 Å². The van der Waals surface area contributed by atoms with Gasteiger partial charge in [-0.3, -0.25) is 4.98 Å². The Kier molecular flexibility index (Phi) is 3.51. The maximum Gasteiger partial charge on any atom is 0.119 e. The SMILES string of the molecule is COc1ccc(Cl)c(-c2ccnc3c(Cl)cccc23)c1. The zero-order valence-electron chi connectivity index (χ0n) is 10.7. The monoisotopic (exact) mass is 303 g/mol. The van der Waals surface area contributed by atoms with E-state index in [1.54, 1.807) is 13.3 Å². The van der Waals surface area contributed by atoms with Gasteiger partial charge in [0.2, 0.25) is 0 Å². The second kappa shape index (κ2) is 5.31. The summed E-state index contributed by atoms with van der Waals surface area (Å²) in [5, 5.41) is 2.26. The second-order valence-corrected chi connectivity index (χ2v) is 5.15. The maximum atomic E-state index is 6.32. The number of benzene rings is 2. The molecule has 0 N–H and O–H groups in total. The standard InChI is InChI=1S/C16H11Cl2NO/c1-20-10-5-6-14(17)13(9-10)11-7-8-19-16-12(11)3-2-4-15(16)18/h2-9H,1H3. The van der Waals surface area contributed by atoms with E-state index in [4.69, 9.17) is 27.9 Å². The van der Waals surface area contributed by atoms with E-state index in [0.717, 1.165) is 27.8 Å². The predicted molar refractivity (Wildman–Crippen MR) is 83.8 cm³/mol. The van der Waals surface area contributed by atoms with Gasteiger partial charge in [0.1, 0.15) is 5.75 Å². The molecular weight excluding hydrogens is 293 g/mol. The number of nitrogens with zero attached hydrogens (tertiary/aromatic N) is 1.